The van der Waals surface area contributed by atoms with Crippen LogP contribution in [0.2, 0.25) is 0 Å². The average Bonchev–Trinajstić information content (AvgIpc) is 2.73. The molecule has 0 amide bonds. The Bertz CT molecular complexity index is 539. The first kappa shape index (κ1) is 9.60. The zero-order valence-corrected chi connectivity index (χ0v) is 9.33. The molecule has 3 nitrogen and oxygen atoms in total. The Hall–Kier alpha value is -1.61. The van der Waals surface area contributed by atoms with E-state index in [1.165, 1.54) is 5.56 Å². The minimum Gasteiger partial charge on any atom is -0.359 e. The van der Waals surface area contributed by atoms with Gasteiger partial charge in [0.1, 0.15) is 0 Å². The monoisotopic (exact) mass is 213 g/mol. The Labute approximate surface area is 94.6 Å². The number of H-pyrrole nitrogens is 1. The summed E-state index contributed by atoms with van der Waals surface area (Å²) in [6, 6.07) is 4.43. The molecule has 1 aliphatic heterocycles. The van der Waals surface area contributed by atoms with Crippen LogP contribution in [0.3, 0.4) is 0 Å². The number of nitrogens with one attached hydrogen (secondary N) is 2. The first-order valence-corrected chi connectivity index (χ1v) is 5.69. The van der Waals surface area contributed by atoms with Crippen molar-refractivity contribution >= 4 is 11.0 Å². The van der Waals surface area contributed by atoms with Gasteiger partial charge in [-0.25, -0.2) is 0 Å². The first-order valence-electron chi connectivity index (χ1n) is 5.69. The molecule has 0 aromatic carbocycles. The summed E-state index contributed by atoms with van der Waals surface area (Å²) in [5, 5.41) is 3.49. The van der Waals surface area contributed by atoms with Gasteiger partial charge in [-0.05, 0) is 32.0 Å². The molecular weight excluding hydrogens is 198 g/mol. The van der Waals surface area contributed by atoms with Crippen molar-refractivity contribution in [3.63, 3.8) is 0 Å². The first-order chi connectivity index (χ1) is 7.84. The summed E-state index contributed by atoms with van der Waals surface area (Å²) in [4.78, 5) is 7.88. The standard InChI is InChI=1S/C13H15N3/c1-9-5-6-12-13(16-9)10(8-15-12)11-4-2-3-7-14-11/h2,4-6,8,11,14-15H,3,7H2,1H3. The van der Waals surface area contributed by atoms with Gasteiger partial charge in [-0.1, -0.05) is 12.2 Å². The summed E-state index contributed by atoms with van der Waals surface area (Å²) in [5.74, 6) is 0. The molecule has 3 heteroatoms. The molecule has 0 radical (unpaired) electrons. The van der Waals surface area contributed by atoms with Gasteiger partial charge in [-0.3, -0.25) is 4.98 Å². The molecule has 1 atom stereocenters. The zero-order valence-electron chi connectivity index (χ0n) is 9.33. The van der Waals surface area contributed by atoms with Crippen LogP contribution in [-0.4, -0.2) is 16.5 Å². The van der Waals surface area contributed by atoms with Crippen molar-refractivity contribution in [2.75, 3.05) is 6.54 Å². The molecule has 2 aromatic rings. The number of pyridine rings is 1. The van der Waals surface area contributed by atoms with E-state index < -0.39 is 0 Å². The van der Waals surface area contributed by atoms with Gasteiger partial charge in [-0.2, -0.15) is 0 Å². The van der Waals surface area contributed by atoms with Crippen molar-refractivity contribution in [1.29, 1.82) is 0 Å². The topological polar surface area (TPSA) is 40.7 Å². The molecule has 2 aromatic heterocycles. The maximum atomic E-state index is 4.61. The number of aromatic nitrogens is 2. The Morgan fingerprint density at radius 1 is 1.38 bits per heavy atom. The van der Waals surface area contributed by atoms with Gasteiger partial charge in [0.15, 0.2) is 0 Å². The van der Waals surface area contributed by atoms with E-state index in [0.717, 1.165) is 29.7 Å². The van der Waals surface area contributed by atoms with E-state index in [0.29, 0.717) is 6.04 Å². The molecule has 0 aliphatic carbocycles. The minimum absolute atomic E-state index is 0.303. The molecule has 3 heterocycles. The highest BCUT2D eigenvalue weighted by atomic mass is 14.9. The van der Waals surface area contributed by atoms with Crippen LogP contribution in [0, 0.1) is 6.92 Å². The minimum atomic E-state index is 0.303. The van der Waals surface area contributed by atoms with E-state index in [4.69, 9.17) is 0 Å². The van der Waals surface area contributed by atoms with E-state index in [-0.39, 0.29) is 0 Å². The van der Waals surface area contributed by atoms with Gasteiger partial charge in [0.2, 0.25) is 0 Å². The molecule has 0 bridgehead atoms. The fraction of sp³-hybridized carbons (Fsp3) is 0.308. The Morgan fingerprint density at radius 3 is 3.12 bits per heavy atom. The number of nitrogens with zero attached hydrogens (tertiary/aromatic N) is 1. The number of rotatable bonds is 1. The fourth-order valence-electron chi connectivity index (χ4n) is 2.19. The lowest BCUT2D eigenvalue weighted by atomic mass is 10.1. The summed E-state index contributed by atoms with van der Waals surface area (Å²) < 4.78 is 0. The number of fused-ring (bicyclic) bond motifs is 1. The maximum Gasteiger partial charge on any atom is 0.0933 e. The lowest BCUT2D eigenvalue weighted by Crippen LogP contribution is -2.23. The molecule has 82 valence electrons. The van der Waals surface area contributed by atoms with E-state index in [1.54, 1.807) is 0 Å². The summed E-state index contributed by atoms with van der Waals surface area (Å²) >= 11 is 0. The van der Waals surface area contributed by atoms with Crippen LogP contribution < -0.4 is 5.32 Å². The van der Waals surface area contributed by atoms with Crippen molar-refractivity contribution in [2.24, 2.45) is 0 Å². The SMILES string of the molecule is Cc1ccc2[nH]cc(C3C=CCCN3)c2n1. The lowest BCUT2D eigenvalue weighted by molar-refractivity contribution is 0.603. The molecule has 3 rings (SSSR count). The number of aryl methyl sites for hydroxylation is 1. The normalized spacial score (nSPS) is 20.4. The Morgan fingerprint density at radius 2 is 2.31 bits per heavy atom. The third-order valence-electron chi connectivity index (χ3n) is 3.03. The van der Waals surface area contributed by atoms with Crippen LogP contribution in [0.15, 0.2) is 30.5 Å². The van der Waals surface area contributed by atoms with Crippen LogP contribution in [0.5, 0.6) is 0 Å². The molecule has 0 spiro atoms. The molecular formula is C13H15N3. The van der Waals surface area contributed by atoms with Crippen molar-refractivity contribution in [3.05, 3.63) is 41.7 Å². The largest absolute Gasteiger partial charge is 0.359 e. The van der Waals surface area contributed by atoms with Gasteiger partial charge in [0.25, 0.3) is 0 Å². The van der Waals surface area contributed by atoms with E-state index in [2.05, 4.69) is 39.7 Å². The quantitative estimate of drug-likeness (QED) is 0.714. The lowest BCUT2D eigenvalue weighted by Gasteiger charge is -2.17. The molecule has 16 heavy (non-hydrogen) atoms. The van der Waals surface area contributed by atoms with Gasteiger partial charge >= 0.3 is 0 Å². The summed E-state index contributed by atoms with van der Waals surface area (Å²) in [7, 11) is 0. The predicted molar refractivity (Wildman–Crippen MR) is 65.3 cm³/mol. The second kappa shape index (κ2) is 3.76. The van der Waals surface area contributed by atoms with E-state index >= 15 is 0 Å². The van der Waals surface area contributed by atoms with Crippen LogP contribution in [0.25, 0.3) is 11.0 Å². The third-order valence-corrected chi connectivity index (χ3v) is 3.03. The van der Waals surface area contributed by atoms with Crippen molar-refractivity contribution in [1.82, 2.24) is 15.3 Å². The van der Waals surface area contributed by atoms with Crippen molar-refractivity contribution in [2.45, 2.75) is 19.4 Å². The van der Waals surface area contributed by atoms with E-state index in [9.17, 15) is 0 Å². The molecule has 0 fully saturated rings. The summed E-state index contributed by atoms with van der Waals surface area (Å²) in [5.41, 5.74) is 4.51. The van der Waals surface area contributed by atoms with Crippen LogP contribution >= 0.6 is 0 Å². The third kappa shape index (κ3) is 1.53. The second-order valence-corrected chi connectivity index (χ2v) is 4.24. The molecule has 1 aliphatic rings. The second-order valence-electron chi connectivity index (χ2n) is 4.24. The zero-order chi connectivity index (χ0) is 11.0. The average molecular weight is 213 g/mol. The van der Waals surface area contributed by atoms with Crippen LogP contribution in [-0.2, 0) is 0 Å². The van der Waals surface area contributed by atoms with Crippen molar-refractivity contribution in [3.8, 4) is 0 Å². The highest BCUT2D eigenvalue weighted by molar-refractivity contribution is 5.79. The summed E-state index contributed by atoms with van der Waals surface area (Å²) in [6.07, 6.45) is 7.63. The molecule has 0 saturated heterocycles. The number of aromatic amines is 1. The van der Waals surface area contributed by atoms with Crippen LogP contribution in [0.1, 0.15) is 23.7 Å². The van der Waals surface area contributed by atoms with E-state index in [1.807, 2.05) is 13.0 Å². The highest BCUT2D eigenvalue weighted by Crippen LogP contribution is 2.25. The van der Waals surface area contributed by atoms with Gasteiger partial charge in [0, 0.05) is 17.5 Å². The summed E-state index contributed by atoms with van der Waals surface area (Å²) in [6.45, 7) is 3.07. The maximum absolute atomic E-state index is 4.61. The molecule has 2 N–H and O–H groups in total. The molecule has 0 saturated carbocycles. The Kier molecular flexibility index (Phi) is 2.26. The Balaban J connectivity index is 2.12. The number of hydrogen-bond acceptors (Lipinski definition) is 2. The molecule has 1 unspecified atom stereocenters. The van der Waals surface area contributed by atoms with Gasteiger partial charge < -0.3 is 10.3 Å². The van der Waals surface area contributed by atoms with Gasteiger partial charge in [0.05, 0.1) is 17.1 Å². The highest BCUT2D eigenvalue weighted by Gasteiger charge is 2.15. The fourth-order valence-corrected chi connectivity index (χ4v) is 2.19. The predicted octanol–water partition coefficient (Wildman–Crippen LogP) is 2.46. The van der Waals surface area contributed by atoms with Crippen molar-refractivity contribution < 1.29 is 0 Å². The van der Waals surface area contributed by atoms with Crippen LogP contribution in [0.4, 0.5) is 0 Å². The van der Waals surface area contributed by atoms with Gasteiger partial charge in [-0.15, -0.1) is 0 Å². The number of hydrogen-bond donors (Lipinski definition) is 2. The smallest absolute Gasteiger partial charge is 0.0933 e.